The standard InChI is InChI=1S/C11H13ClFNO4S/c12-9-6-8(3-4-10(9)13)7-14-19(17,18)5-1-2-11(15)16/h3-4,6,14H,1-2,5,7H2,(H,15,16). The van der Waals surface area contributed by atoms with E-state index in [1.54, 1.807) is 0 Å². The highest BCUT2D eigenvalue weighted by molar-refractivity contribution is 7.89. The minimum Gasteiger partial charge on any atom is -0.481 e. The molecule has 0 aliphatic carbocycles. The van der Waals surface area contributed by atoms with E-state index in [2.05, 4.69) is 4.72 Å². The number of nitrogens with one attached hydrogen (secondary N) is 1. The van der Waals surface area contributed by atoms with Crippen LogP contribution in [-0.2, 0) is 21.4 Å². The first-order valence-corrected chi connectivity index (χ1v) is 7.46. The molecule has 1 rings (SSSR count). The molecule has 19 heavy (non-hydrogen) atoms. The number of sulfonamides is 1. The second-order valence-corrected chi connectivity index (χ2v) is 6.22. The third kappa shape index (κ3) is 6.00. The maximum atomic E-state index is 12.9. The normalized spacial score (nSPS) is 11.5. The molecule has 0 aliphatic rings. The Balaban J connectivity index is 2.50. The molecule has 2 N–H and O–H groups in total. The molecule has 1 aromatic carbocycles. The number of carboxylic acids is 1. The van der Waals surface area contributed by atoms with Gasteiger partial charge < -0.3 is 5.11 Å². The van der Waals surface area contributed by atoms with Gasteiger partial charge in [0.15, 0.2) is 0 Å². The second-order valence-electron chi connectivity index (χ2n) is 3.89. The van der Waals surface area contributed by atoms with Crippen molar-refractivity contribution in [3.05, 3.63) is 34.6 Å². The number of aliphatic carboxylic acids is 1. The van der Waals surface area contributed by atoms with E-state index in [0.717, 1.165) is 6.07 Å². The largest absolute Gasteiger partial charge is 0.481 e. The van der Waals surface area contributed by atoms with Crippen LogP contribution >= 0.6 is 11.6 Å². The summed E-state index contributed by atoms with van der Waals surface area (Å²) in [4.78, 5) is 10.3. The Kier molecular flexibility index (Phi) is 5.71. The van der Waals surface area contributed by atoms with E-state index in [4.69, 9.17) is 16.7 Å². The highest BCUT2D eigenvalue weighted by Crippen LogP contribution is 2.16. The first-order chi connectivity index (χ1) is 8.80. The van der Waals surface area contributed by atoms with Crippen LogP contribution in [0.3, 0.4) is 0 Å². The molecule has 0 spiro atoms. The van der Waals surface area contributed by atoms with Crippen molar-refractivity contribution in [1.82, 2.24) is 4.72 Å². The molecule has 0 amide bonds. The smallest absolute Gasteiger partial charge is 0.303 e. The summed E-state index contributed by atoms with van der Waals surface area (Å²) in [6, 6.07) is 3.90. The molecular weight excluding hydrogens is 297 g/mol. The van der Waals surface area contributed by atoms with Gasteiger partial charge in [0, 0.05) is 13.0 Å². The van der Waals surface area contributed by atoms with Crippen LogP contribution in [0.15, 0.2) is 18.2 Å². The van der Waals surface area contributed by atoms with Crippen LogP contribution in [0.25, 0.3) is 0 Å². The Bertz CT molecular complexity index is 562. The molecule has 0 bridgehead atoms. The van der Waals surface area contributed by atoms with Gasteiger partial charge in [0.2, 0.25) is 10.0 Å². The van der Waals surface area contributed by atoms with Crippen molar-refractivity contribution < 1.29 is 22.7 Å². The lowest BCUT2D eigenvalue weighted by atomic mass is 10.2. The van der Waals surface area contributed by atoms with E-state index in [0.29, 0.717) is 5.56 Å². The number of rotatable bonds is 7. The lowest BCUT2D eigenvalue weighted by Crippen LogP contribution is -2.26. The minimum absolute atomic E-state index is 0.0184. The molecule has 106 valence electrons. The molecule has 0 unspecified atom stereocenters. The van der Waals surface area contributed by atoms with Crippen LogP contribution in [0.2, 0.25) is 5.02 Å². The average molecular weight is 310 g/mol. The Morgan fingerprint density at radius 3 is 2.68 bits per heavy atom. The van der Waals surface area contributed by atoms with Crippen LogP contribution in [0.1, 0.15) is 18.4 Å². The lowest BCUT2D eigenvalue weighted by molar-refractivity contribution is -0.137. The topological polar surface area (TPSA) is 83.5 Å². The maximum Gasteiger partial charge on any atom is 0.303 e. The van der Waals surface area contributed by atoms with E-state index in [1.807, 2.05) is 0 Å². The van der Waals surface area contributed by atoms with E-state index >= 15 is 0 Å². The zero-order chi connectivity index (χ0) is 14.5. The Morgan fingerprint density at radius 1 is 1.42 bits per heavy atom. The number of benzene rings is 1. The first-order valence-electron chi connectivity index (χ1n) is 5.43. The van der Waals surface area contributed by atoms with Crippen LogP contribution in [0.5, 0.6) is 0 Å². The van der Waals surface area contributed by atoms with Crippen molar-refractivity contribution in [3.8, 4) is 0 Å². The summed E-state index contributed by atoms with van der Waals surface area (Å²) < 4.78 is 38.2. The molecule has 5 nitrogen and oxygen atoms in total. The fourth-order valence-electron chi connectivity index (χ4n) is 1.33. The number of halogens is 2. The third-order valence-corrected chi connectivity index (χ3v) is 3.98. The highest BCUT2D eigenvalue weighted by atomic mass is 35.5. The molecule has 0 aromatic heterocycles. The molecule has 8 heteroatoms. The molecule has 0 atom stereocenters. The number of hydrogen-bond acceptors (Lipinski definition) is 3. The fourth-order valence-corrected chi connectivity index (χ4v) is 2.59. The monoisotopic (exact) mass is 309 g/mol. The van der Waals surface area contributed by atoms with Crippen LogP contribution in [-0.4, -0.2) is 25.2 Å². The van der Waals surface area contributed by atoms with Crippen LogP contribution in [0.4, 0.5) is 4.39 Å². The van der Waals surface area contributed by atoms with Gasteiger partial charge in [-0.05, 0) is 24.1 Å². The maximum absolute atomic E-state index is 12.9. The van der Waals surface area contributed by atoms with Gasteiger partial charge in [-0.2, -0.15) is 0 Å². The predicted molar refractivity (Wildman–Crippen MR) is 68.9 cm³/mol. The Hall–Kier alpha value is -1.18. The van der Waals surface area contributed by atoms with Crippen LogP contribution < -0.4 is 4.72 Å². The van der Waals surface area contributed by atoms with Gasteiger partial charge >= 0.3 is 5.97 Å². The number of carboxylic acid groups (broad SMARTS) is 1. The van der Waals surface area contributed by atoms with E-state index in [1.165, 1.54) is 12.1 Å². The summed E-state index contributed by atoms with van der Waals surface area (Å²) in [7, 11) is -3.55. The molecule has 1 aromatic rings. The molecule has 0 fully saturated rings. The Morgan fingerprint density at radius 2 is 2.11 bits per heavy atom. The molecular formula is C11H13ClFNO4S. The Labute approximate surface area is 115 Å². The van der Waals surface area contributed by atoms with Crippen molar-refractivity contribution in [1.29, 1.82) is 0 Å². The van der Waals surface area contributed by atoms with E-state index < -0.39 is 21.8 Å². The molecule has 0 radical (unpaired) electrons. The lowest BCUT2D eigenvalue weighted by Gasteiger charge is -2.06. The third-order valence-electron chi connectivity index (χ3n) is 2.28. The average Bonchev–Trinajstić information content (AvgIpc) is 2.30. The minimum atomic E-state index is -3.55. The van der Waals surface area contributed by atoms with Crippen molar-refractivity contribution in [3.63, 3.8) is 0 Å². The van der Waals surface area contributed by atoms with Crippen LogP contribution in [0, 0.1) is 5.82 Å². The quantitative estimate of drug-likeness (QED) is 0.804. The SMILES string of the molecule is O=C(O)CCCS(=O)(=O)NCc1ccc(F)c(Cl)c1. The summed E-state index contributed by atoms with van der Waals surface area (Å²) in [6.45, 7) is -0.0184. The number of hydrogen-bond donors (Lipinski definition) is 2. The zero-order valence-electron chi connectivity index (χ0n) is 9.90. The van der Waals surface area contributed by atoms with E-state index in [9.17, 15) is 17.6 Å². The molecule has 0 heterocycles. The van der Waals surface area contributed by atoms with Gasteiger partial charge in [0.1, 0.15) is 5.82 Å². The van der Waals surface area contributed by atoms with Gasteiger partial charge in [-0.15, -0.1) is 0 Å². The van der Waals surface area contributed by atoms with Crippen molar-refractivity contribution >= 4 is 27.6 Å². The summed E-state index contributed by atoms with van der Waals surface area (Å²) in [5.41, 5.74) is 0.521. The summed E-state index contributed by atoms with van der Waals surface area (Å²) in [5, 5.41) is 8.33. The fraction of sp³-hybridized carbons (Fsp3) is 0.364. The summed E-state index contributed by atoms with van der Waals surface area (Å²) in [5.74, 6) is -1.89. The summed E-state index contributed by atoms with van der Waals surface area (Å²) in [6.07, 6.45) is -0.169. The van der Waals surface area contributed by atoms with E-state index in [-0.39, 0.29) is 30.2 Å². The van der Waals surface area contributed by atoms with Crippen molar-refractivity contribution in [2.24, 2.45) is 0 Å². The molecule has 0 saturated heterocycles. The molecule has 0 aliphatic heterocycles. The van der Waals surface area contributed by atoms with Gasteiger partial charge in [-0.3, -0.25) is 4.79 Å². The molecule has 0 saturated carbocycles. The number of carbonyl (C=O) groups is 1. The van der Waals surface area contributed by atoms with Crippen molar-refractivity contribution in [2.45, 2.75) is 19.4 Å². The van der Waals surface area contributed by atoms with Gasteiger partial charge in [0.05, 0.1) is 10.8 Å². The predicted octanol–water partition coefficient (Wildman–Crippen LogP) is 1.76. The van der Waals surface area contributed by atoms with Crippen molar-refractivity contribution in [2.75, 3.05) is 5.75 Å². The van der Waals surface area contributed by atoms with Gasteiger partial charge in [-0.1, -0.05) is 17.7 Å². The zero-order valence-corrected chi connectivity index (χ0v) is 11.5. The second kappa shape index (κ2) is 6.83. The first kappa shape index (κ1) is 15.9. The van der Waals surface area contributed by atoms with Gasteiger partial charge in [0.25, 0.3) is 0 Å². The highest BCUT2D eigenvalue weighted by Gasteiger charge is 2.11. The summed E-state index contributed by atoms with van der Waals surface area (Å²) >= 11 is 5.56. The van der Waals surface area contributed by atoms with Gasteiger partial charge in [-0.25, -0.2) is 17.5 Å².